The molecule has 0 spiro atoms. The molecule has 0 saturated carbocycles. The summed E-state index contributed by atoms with van der Waals surface area (Å²) in [6, 6.07) is 10.8. The molecule has 0 bridgehead atoms. The van der Waals surface area contributed by atoms with Crippen molar-refractivity contribution in [2.45, 2.75) is 19.8 Å². The number of benzene rings is 2. The highest BCUT2D eigenvalue weighted by Gasteiger charge is 2.43. The van der Waals surface area contributed by atoms with Gasteiger partial charge in [0, 0.05) is 28.3 Å². The monoisotopic (exact) mass is 575 g/mol. The van der Waals surface area contributed by atoms with E-state index in [-0.39, 0.29) is 12.4 Å². The molecule has 2 aromatic rings. The fourth-order valence-corrected chi connectivity index (χ4v) is 5.61. The zero-order valence-electron chi connectivity index (χ0n) is 17.7. The van der Waals surface area contributed by atoms with E-state index >= 15 is 0 Å². The molecule has 1 aliphatic carbocycles. The summed E-state index contributed by atoms with van der Waals surface area (Å²) in [5, 5.41) is 12.2. The third-order valence-corrected chi connectivity index (χ3v) is 6.62. The Morgan fingerprint density at radius 1 is 1.12 bits per heavy atom. The maximum Gasteiger partial charge on any atom is 0.341 e. The number of carbonyl (C=O) groups is 3. The van der Waals surface area contributed by atoms with E-state index in [1.54, 1.807) is 38.1 Å². The zero-order chi connectivity index (χ0) is 23.9. The summed E-state index contributed by atoms with van der Waals surface area (Å²) in [5.41, 5.74) is 4.07. The number of ether oxygens (including phenoxy) is 2. The van der Waals surface area contributed by atoms with Gasteiger partial charge in [0.15, 0.2) is 12.4 Å². The van der Waals surface area contributed by atoms with E-state index in [4.69, 9.17) is 14.6 Å². The minimum Gasteiger partial charge on any atom is -0.480 e. The number of carboxylic acid groups (broad SMARTS) is 1. The highest BCUT2D eigenvalue weighted by molar-refractivity contribution is 9.11. The summed E-state index contributed by atoms with van der Waals surface area (Å²) in [5.74, 6) is -2.17. The second-order valence-electron chi connectivity index (χ2n) is 7.48. The lowest BCUT2D eigenvalue weighted by atomic mass is 9.80. The van der Waals surface area contributed by atoms with Gasteiger partial charge in [0.25, 0.3) is 0 Å². The largest absolute Gasteiger partial charge is 0.480 e. The van der Waals surface area contributed by atoms with Gasteiger partial charge in [0.1, 0.15) is 5.75 Å². The quantitative estimate of drug-likeness (QED) is 0.476. The Labute approximate surface area is 206 Å². The summed E-state index contributed by atoms with van der Waals surface area (Å²) >= 11 is 6.87. The lowest BCUT2D eigenvalue weighted by Crippen LogP contribution is -2.29. The van der Waals surface area contributed by atoms with Crippen molar-refractivity contribution in [1.82, 2.24) is 5.32 Å². The Morgan fingerprint density at radius 2 is 1.76 bits per heavy atom. The predicted molar refractivity (Wildman–Crippen MR) is 128 cm³/mol. The van der Waals surface area contributed by atoms with Crippen LogP contribution in [0.4, 0.5) is 0 Å². The minimum absolute atomic E-state index is 0.161. The molecular formula is C24H19Br2NO6. The van der Waals surface area contributed by atoms with Gasteiger partial charge in [-0.2, -0.15) is 0 Å². The number of fused-ring (bicyclic) bond motifs is 2. The maximum absolute atomic E-state index is 13.5. The molecule has 0 radical (unpaired) electrons. The zero-order valence-corrected chi connectivity index (χ0v) is 20.9. The Hall–Kier alpha value is -2.91. The van der Waals surface area contributed by atoms with Crippen LogP contribution in [-0.2, 0) is 14.3 Å². The third kappa shape index (κ3) is 4.11. The summed E-state index contributed by atoms with van der Waals surface area (Å²) in [7, 11) is 0. The van der Waals surface area contributed by atoms with Gasteiger partial charge >= 0.3 is 11.9 Å². The van der Waals surface area contributed by atoms with Crippen molar-refractivity contribution in [3.05, 3.63) is 78.9 Å². The molecule has 33 heavy (non-hydrogen) atoms. The van der Waals surface area contributed by atoms with Gasteiger partial charge in [-0.25, -0.2) is 9.59 Å². The number of rotatable bonds is 6. The van der Waals surface area contributed by atoms with E-state index in [0.717, 1.165) is 5.56 Å². The summed E-state index contributed by atoms with van der Waals surface area (Å²) < 4.78 is 11.7. The molecule has 0 aromatic heterocycles. The van der Waals surface area contributed by atoms with Gasteiger partial charge in [0.05, 0.1) is 26.8 Å². The molecule has 0 fully saturated rings. The molecule has 1 atom stereocenters. The maximum atomic E-state index is 13.5. The number of esters is 1. The van der Waals surface area contributed by atoms with Crippen LogP contribution < -0.4 is 10.1 Å². The lowest BCUT2D eigenvalue weighted by molar-refractivity contribution is -0.140. The van der Waals surface area contributed by atoms with Crippen LogP contribution in [0.1, 0.15) is 41.3 Å². The average molecular weight is 577 g/mol. The molecule has 0 unspecified atom stereocenters. The van der Waals surface area contributed by atoms with Crippen LogP contribution in [0.2, 0.25) is 0 Å². The lowest BCUT2D eigenvalue weighted by Gasteiger charge is -2.29. The van der Waals surface area contributed by atoms with Crippen molar-refractivity contribution in [2.24, 2.45) is 0 Å². The van der Waals surface area contributed by atoms with Gasteiger partial charge in [-0.05, 0) is 63.4 Å². The molecule has 4 rings (SSSR count). The molecule has 1 heterocycles. The van der Waals surface area contributed by atoms with Gasteiger partial charge in [-0.3, -0.25) is 4.79 Å². The Balaban J connectivity index is 1.89. The number of carbonyl (C=O) groups excluding carboxylic acids is 2. The van der Waals surface area contributed by atoms with Gasteiger partial charge in [0.2, 0.25) is 0 Å². The molecule has 0 saturated heterocycles. The first kappa shape index (κ1) is 23.3. The molecule has 170 valence electrons. The van der Waals surface area contributed by atoms with Crippen LogP contribution in [0.15, 0.2) is 62.2 Å². The molecular weight excluding hydrogens is 558 g/mol. The van der Waals surface area contributed by atoms with Gasteiger partial charge < -0.3 is 19.9 Å². The summed E-state index contributed by atoms with van der Waals surface area (Å²) in [6.07, 6.45) is 0. The highest BCUT2D eigenvalue weighted by atomic mass is 79.9. The fourth-order valence-electron chi connectivity index (χ4n) is 4.16. The predicted octanol–water partition coefficient (Wildman–Crippen LogP) is 4.81. The van der Waals surface area contributed by atoms with Crippen LogP contribution in [0, 0.1) is 0 Å². The molecule has 2 N–H and O–H groups in total. The first-order valence-electron chi connectivity index (χ1n) is 10.1. The van der Waals surface area contributed by atoms with Crippen molar-refractivity contribution in [2.75, 3.05) is 13.2 Å². The van der Waals surface area contributed by atoms with Crippen LogP contribution >= 0.6 is 31.9 Å². The Bertz CT molecular complexity index is 1240. The smallest absolute Gasteiger partial charge is 0.341 e. The number of aliphatic carboxylic acids is 1. The first-order valence-corrected chi connectivity index (χ1v) is 11.7. The number of hydrogen-bond acceptors (Lipinski definition) is 6. The normalized spacial score (nSPS) is 16.8. The second-order valence-corrected chi connectivity index (χ2v) is 9.19. The van der Waals surface area contributed by atoms with Crippen LogP contribution in [0.3, 0.4) is 0 Å². The third-order valence-electron chi connectivity index (χ3n) is 5.44. The van der Waals surface area contributed by atoms with E-state index in [1.807, 2.05) is 12.1 Å². The molecule has 2 aromatic carbocycles. The number of dihydropyridines is 1. The second kappa shape index (κ2) is 9.15. The van der Waals surface area contributed by atoms with Crippen LogP contribution in [-0.4, -0.2) is 36.0 Å². The van der Waals surface area contributed by atoms with E-state index in [9.17, 15) is 14.4 Å². The van der Waals surface area contributed by atoms with Crippen molar-refractivity contribution >= 4 is 55.3 Å². The number of nitrogens with one attached hydrogen (secondary N) is 1. The molecule has 2 aliphatic rings. The average Bonchev–Trinajstić information content (AvgIpc) is 3.04. The summed E-state index contributed by atoms with van der Waals surface area (Å²) in [4.78, 5) is 37.4. The minimum atomic E-state index is -1.11. The molecule has 7 nitrogen and oxygen atoms in total. The Kier molecular flexibility index (Phi) is 6.45. The number of allylic oxidation sites excluding steroid dienone is 2. The van der Waals surface area contributed by atoms with Gasteiger partial charge in [-0.15, -0.1) is 0 Å². The SMILES string of the molecule is CCOC(=O)C1=C(C)NC2=C(C(=O)c3ccccc32)[C@H]1c1cc(Br)c(OCC(=O)O)c(Br)c1. The van der Waals surface area contributed by atoms with Crippen molar-refractivity contribution < 1.29 is 29.0 Å². The van der Waals surface area contributed by atoms with E-state index in [1.165, 1.54) is 0 Å². The molecule has 0 amide bonds. The Morgan fingerprint density at radius 3 is 2.36 bits per heavy atom. The number of carboxylic acids is 1. The van der Waals surface area contributed by atoms with Crippen LogP contribution in [0.5, 0.6) is 5.75 Å². The highest BCUT2D eigenvalue weighted by Crippen LogP contribution is 2.48. The topological polar surface area (TPSA) is 102 Å². The number of halogens is 2. The van der Waals surface area contributed by atoms with Crippen molar-refractivity contribution in [3.8, 4) is 5.75 Å². The first-order chi connectivity index (χ1) is 15.7. The van der Waals surface area contributed by atoms with Crippen LogP contribution in [0.25, 0.3) is 5.70 Å². The van der Waals surface area contributed by atoms with Crippen molar-refractivity contribution in [3.63, 3.8) is 0 Å². The molecule has 9 heteroatoms. The van der Waals surface area contributed by atoms with Crippen molar-refractivity contribution in [1.29, 1.82) is 0 Å². The van der Waals surface area contributed by atoms with E-state index < -0.39 is 24.5 Å². The van der Waals surface area contributed by atoms with Gasteiger partial charge in [-0.1, -0.05) is 24.3 Å². The van der Waals surface area contributed by atoms with E-state index in [2.05, 4.69) is 37.2 Å². The fraction of sp³-hybridized carbons (Fsp3) is 0.208. The number of Topliss-reactive ketones (excluding diaryl/α,β-unsaturated/α-hetero) is 1. The molecule has 1 aliphatic heterocycles. The number of hydrogen-bond donors (Lipinski definition) is 2. The van der Waals surface area contributed by atoms with E-state index in [0.29, 0.717) is 48.4 Å². The number of ketones is 1. The standard InChI is InChI=1S/C24H19Br2NO6/c1-3-32-24(31)18-11(2)27-21-13-6-4-5-7-14(13)22(30)20(21)19(18)12-8-15(25)23(16(26)9-12)33-10-17(28)29/h4-9,19,27H,3,10H2,1-2H3,(H,28,29)/t19-/m0/s1. The summed E-state index contributed by atoms with van der Waals surface area (Å²) in [6.45, 7) is 3.18.